The average molecular weight is 602 g/mol. The first-order chi connectivity index (χ1) is 19.6. The van der Waals surface area contributed by atoms with E-state index in [0.717, 1.165) is 56.4 Å². The Bertz CT molecular complexity index is 1410. The standard InChI is InChI=1S/C31H40ClN3O5S/c1-31(2)30(36)34-41(37,38)25-12-14-29-27(18-25)35(19-22-10-13-26(22)28(39-3)8-6-15-33-31)16-5-4-7-21-17-24(32)11-9-23(21)20-40-29/h6,8-9,11-12,14,17-18,22,26,28,33H,4-5,7,10,13,15-16,19-20H2,1-3H3,(H,34,36)/b8-6+/t22-,26+,28-/m0/s1. The summed E-state index contributed by atoms with van der Waals surface area (Å²) in [6, 6.07) is 10.7. The average Bonchev–Trinajstić information content (AvgIpc) is 2.95. The highest BCUT2D eigenvalue weighted by atomic mass is 35.5. The number of hydrogen-bond acceptors (Lipinski definition) is 7. The maximum Gasteiger partial charge on any atom is 0.264 e. The van der Waals surface area contributed by atoms with Crippen LogP contribution in [0.25, 0.3) is 0 Å². The lowest BCUT2D eigenvalue weighted by Crippen LogP contribution is -2.54. The van der Waals surface area contributed by atoms with Gasteiger partial charge in [0.2, 0.25) is 0 Å². The molecule has 5 rings (SSSR count). The molecule has 2 aromatic rings. The number of carbonyl (C=O) groups is 1. The van der Waals surface area contributed by atoms with Gasteiger partial charge >= 0.3 is 0 Å². The number of methoxy groups -OCH3 is 1. The number of nitrogens with one attached hydrogen (secondary N) is 2. The normalized spacial score (nSPS) is 27.1. The van der Waals surface area contributed by atoms with E-state index in [2.05, 4.69) is 21.0 Å². The topological polar surface area (TPSA) is 97.0 Å². The van der Waals surface area contributed by atoms with Gasteiger partial charge in [-0.05, 0) is 99.2 Å². The summed E-state index contributed by atoms with van der Waals surface area (Å²) in [7, 11) is -2.39. The highest BCUT2D eigenvalue weighted by Crippen LogP contribution is 2.41. The molecule has 0 radical (unpaired) electrons. The zero-order valence-corrected chi connectivity index (χ0v) is 25.6. The fourth-order valence-corrected chi connectivity index (χ4v) is 7.25. The molecule has 0 aromatic heterocycles. The maximum absolute atomic E-state index is 13.5. The zero-order chi connectivity index (χ0) is 29.2. The van der Waals surface area contributed by atoms with Crippen molar-refractivity contribution in [2.75, 3.05) is 31.6 Å². The van der Waals surface area contributed by atoms with E-state index >= 15 is 0 Å². The van der Waals surface area contributed by atoms with Crippen LogP contribution in [0.4, 0.5) is 5.69 Å². The molecular weight excluding hydrogens is 562 g/mol. The molecule has 1 aliphatic carbocycles. The van der Waals surface area contributed by atoms with Crippen LogP contribution in [0.1, 0.15) is 50.7 Å². The van der Waals surface area contributed by atoms with Crippen LogP contribution in [-0.4, -0.2) is 52.7 Å². The largest absolute Gasteiger partial charge is 0.487 e. The molecule has 41 heavy (non-hydrogen) atoms. The van der Waals surface area contributed by atoms with Crippen molar-refractivity contribution in [2.24, 2.45) is 11.8 Å². The number of fused-ring (bicyclic) bond motifs is 3. The van der Waals surface area contributed by atoms with Gasteiger partial charge in [-0.3, -0.25) is 4.79 Å². The number of nitrogens with zero attached hydrogens (tertiary/aromatic N) is 1. The van der Waals surface area contributed by atoms with Crippen molar-refractivity contribution in [3.63, 3.8) is 0 Å². The lowest BCUT2D eigenvalue weighted by atomic mass is 9.70. The first kappa shape index (κ1) is 29.9. The summed E-state index contributed by atoms with van der Waals surface area (Å²) < 4.78 is 41.5. The summed E-state index contributed by atoms with van der Waals surface area (Å²) in [4.78, 5) is 15.4. The molecule has 1 fully saturated rings. The Morgan fingerprint density at radius 1 is 1.10 bits per heavy atom. The Balaban J connectivity index is 1.56. The Hall–Kier alpha value is -2.59. The lowest BCUT2D eigenvalue weighted by molar-refractivity contribution is -0.124. The van der Waals surface area contributed by atoms with E-state index in [9.17, 15) is 13.2 Å². The minimum atomic E-state index is -4.13. The summed E-state index contributed by atoms with van der Waals surface area (Å²) in [5.41, 5.74) is 1.84. The third kappa shape index (κ3) is 6.74. The number of rotatable bonds is 1. The van der Waals surface area contributed by atoms with E-state index in [0.29, 0.717) is 35.8 Å². The van der Waals surface area contributed by atoms with Gasteiger partial charge in [0.05, 0.1) is 22.2 Å². The van der Waals surface area contributed by atoms with E-state index in [-0.39, 0.29) is 11.0 Å². The molecule has 2 heterocycles. The van der Waals surface area contributed by atoms with E-state index < -0.39 is 21.5 Å². The fraction of sp³-hybridized carbons (Fsp3) is 0.516. The number of hydrogen-bond donors (Lipinski definition) is 2. The number of ether oxygens (including phenoxy) is 2. The zero-order valence-electron chi connectivity index (χ0n) is 24.0. The van der Waals surface area contributed by atoms with Crippen molar-refractivity contribution in [3.8, 4) is 5.75 Å². The molecule has 0 saturated heterocycles. The minimum Gasteiger partial charge on any atom is -0.487 e. The third-order valence-corrected chi connectivity index (χ3v) is 10.2. The van der Waals surface area contributed by atoms with Gasteiger partial charge in [0, 0.05) is 31.8 Å². The van der Waals surface area contributed by atoms with Gasteiger partial charge in [-0.15, -0.1) is 0 Å². The van der Waals surface area contributed by atoms with Crippen molar-refractivity contribution < 1.29 is 22.7 Å². The van der Waals surface area contributed by atoms with Crippen molar-refractivity contribution in [1.82, 2.24) is 10.0 Å². The molecule has 3 aliphatic rings. The molecule has 8 nitrogen and oxygen atoms in total. The third-order valence-electron chi connectivity index (χ3n) is 8.66. The first-order valence-corrected chi connectivity index (χ1v) is 16.2. The molecular formula is C31H40ClN3O5S. The summed E-state index contributed by atoms with van der Waals surface area (Å²) in [5.74, 6) is 0.720. The summed E-state index contributed by atoms with van der Waals surface area (Å²) in [5, 5.41) is 3.85. The van der Waals surface area contributed by atoms with Crippen molar-refractivity contribution in [3.05, 3.63) is 64.7 Å². The SMILES string of the molecule is CO[C@H]1/C=C/CNC(C)(C)C(=O)NS(=O)(=O)c2ccc3c(c2)N(CCCCc2cc(Cl)ccc2CO3)C[C@@H]2CC[C@H]21. The predicted molar refractivity (Wildman–Crippen MR) is 161 cm³/mol. The Kier molecular flexibility index (Phi) is 8.99. The smallest absolute Gasteiger partial charge is 0.264 e. The molecule has 1 saturated carbocycles. The number of aryl methyl sites for hydroxylation is 1. The lowest BCUT2D eigenvalue weighted by Gasteiger charge is -2.43. The minimum absolute atomic E-state index is 0.0305. The highest BCUT2D eigenvalue weighted by Gasteiger charge is 2.38. The number of amides is 1. The van der Waals surface area contributed by atoms with Crippen molar-refractivity contribution >= 4 is 33.2 Å². The van der Waals surface area contributed by atoms with Crippen LogP contribution < -0.4 is 19.7 Å². The second-order valence-corrected chi connectivity index (χ2v) is 13.9. The van der Waals surface area contributed by atoms with E-state index in [1.54, 1.807) is 33.1 Å². The van der Waals surface area contributed by atoms with Gasteiger partial charge in [0.25, 0.3) is 15.9 Å². The molecule has 2 aliphatic heterocycles. The molecule has 2 bridgehead atoms. The Morgan fingerprint density at radius 2 is 1.93 bits per heavy atom. The molecule has 222 valence electrons. The molecule has 0 spiro atoms. The number of halogens is 1. The number of carbonyl (C=O) groups excluding carboxylic acids is 1. The van der Waals surface area contributed by atoms with Crippen molar-refractivity contribution in [1.29, 1.82) is 0 Å². The molecule has 1 amide bonds. The molecule has 10 heteroatoms. The van der Waals surface area contributed by atoms with Crippen LogP contribution in [-0.2, 0) is 32.6 Å². The van der Waals surface area contributed by atoms with Crippen LogP contribution >= 0.6 is 11.6 Å². The van der Waals surface area contributed by atoms with Crippen molar-refractivity contribution in [2.45, 2.75) is 69.1 Å². The van der Waals surface area contributed by atoms with Crippen LogP contribution in [0.3, 0.4) is 0 Å². The Labute approximate surface area is 248 Å². The Morgan fingerprint density at radius 3 is 2.68 bits per heavy atom. The second-order valence-electron chi connectivity index (χ2n) is 11.8. The van der Waals surface area contributed by atoms with Gasteiger partial charge in [-0.25, -0.2) is 13.1 Å². The summed E-state index contributed by atoms with van der Waals surface area (Å²) in [6.07, 6.45) is 8.91. The molecule has 3 atom stereocenters. The van der Waals surface area contributed by atoms with Gasteiger partial charge in [-0.1, -0.05) is 29.8 Å². The van der Waals surface area contributed by atoms with Crippen LogP contribution in [0.5, 0.6) is 5.75 Å². The van der Waals surface area contributed by atoms with E-state index in [1.807, 2.05) is 24.3 Å². The maximum atomic E-state index is 13.5. The van der Waals surface area contributed by atoms with Gasteiger partial charge in [0.1, 0.15) is 12.4 Å². The monoisotopic (exact) mass is 601 g/mol. The highest BCUT2D eigenvalue weighted by molar-refractivity contribution is 7.90. The first-order valence-electron chi connectivity index (χ1n) is 14.4. The quantitative estimate of drug-likeness (QED) is 0.451. The molecule has 2 N–H and O–H groups in total. The fourth-order valence-electron chi connectivity index (χ4n) is 5.92. The van der Waals surface area contributed by atoms with E-state index in [4.69, 9.17) is 21.1 Å². The van der Waals surface area contributed by atoms with Gasteiger partial charge in [0.15, 0.2) is 0 Å². The predicted octanol–water partition coefficient (Wildman–Crippen LogP) is 4.85. The molecule has 0 unspecified atom stereocenters. The summed E-state index contributed by atoms with van der Waals surface area (Å²) >= 11 is 6.31. The van der Waals surface area contributed by atoms with Crippen LogP contribution in [0, 0.1) is 11.8 Å². The van der Waals surface area contributed by atoms with Gasteiger partial charge < -0.3 is 19.7 Å². The van der Waals surface area contributed by atoms with E-state index in [1.165, 1.54) is 11.6 Å². The van der Waals surface area contributed by atoms with Gasteiger partial charge in [-0.2, -0.15) is 0 Å². The second kappa shape index (κ2) is 12.3. The molecule has 2 aromatic carbocycles. The van der Waals surface area contributed by atoms with Crippen LogP contribution in [0.2, 0.25) is 5.02 Å². The summed E-state index contributed by atoms with van der Waals surface area (Å²) in [6.45, 7) is 5.60. The number of sulfonamides is 1. The van der Waals surface area contributed by atoms with Crippen LogP contribution in [0.15, 0.2) is 53.4 Å². The number of benzene rings is 2. The number of anilines is 1.